The van der Waals surface area contributed by atoms with Gasteiger partial charge >= 0.3 is 0 Å². The summed E-state index contributed by atoms with van der Waals surface area (Å²) in [5.41, 5.74) is 1.51. The third kappa shape index (κ3) is 3.55. The first kappa shape index (κ1) is 15.6. The maximum Gasteiger partial charge on any atom is 0.193 e. The summed E-state index contributed by atoms with van der Waals surface area (Å²) in [6.45, 7) is 1.49. The first-order chi connectivity index (χ1) is 10.7. The standard InChI is InChI=1S/C15H15BrFN3OS/c16-12-1-2-14(17)11(7-12)8-19(3-5-21)9-13-10-20-4-6-22-15(20)18-13/h1-2,4,6-7,10,21H,3,5,8-9H2. The largest absolute Gasteiger partial charge is 0.395 e. The van der Waals surface area contributed by atoms with E-state index < -0.39 is 0 Å². The highest BCUT2D eigenvalue weighted by molar-refractivity contribution is 9.10. The average Bonchev–Trinajstić information content (AvgIpc) is 3.04. The molecule has 1 N–H and O–H groups in total. The Kier molecular flexibility index (Phi) is 4.87. The van der Waals surface area contributed by atoms with Crippen molar-refractivity contribution in [2.45, 2.75) is 13.1 Å². The maximum absolute atomic E-state index is 13.9. The Morgan fingerprint density at radius 3 is 3.00 bits per heavy atom. The van der Waals surface area contributed by atoms with Gasteiger partial charge < -0.3 is 5.11 Å². The molecule has 0 radical (unpaired) electrons. The Balaban J connectivity index is 1.77. The lowest BCUT2D eigenvalue weighted by atomic mass is 10.2. The number of hydrogen-bond acceptors (Lipinski definition) is 4. The van der Waals surface area contributed by atoms with Gasteiger partial charge in [0.1, 0.15) is 5.82 Å². The van der Waals surface area contributed by atoms with Gasteiger partial charge in [-0.3, -0.25) is 9.30 Å². The number of hydrogen-bond donors (Lipinski definition) is 1. The van der Waals surface area contributed by atoms with Crippen LogP contribution in [-0.4, -0.2) is 32.5 Å². The van der Waals surface area contributed by atoms with Crippen molar-refractivity contribution in [3.05, 3.63) is 57.5 Å². The van der Waals surface area contributed by atoms with E-state index in [0.29, 0.717) is 25.2 Å². The number of imidazole rings is 1. The molecule has 0 fully saturated rings. The molecule has 0 aliphatic heterocycles. The second kappa shape index (κ2) is 6.87. The van der Waals surface area contributed by atoms with Crippen LogP contribution in [0.3, 0.4) is 0 Å². The summed E-state index contributed by atoms with van der Waals surface area (Å²) in [5.74, 6) is -0.239. The molecule has 1 aromatic carbocycles. The zero-order valence-electron chi connectivity index (χ0n) is 11.7. The smallest absolute Gasteiger partial charge is 0.193 e. The quantitative estimate of drug-likeness (QED) is 0.709. The summed E-state index contributed by atoms with van der Waals surface area (Å²) in [5, 5.41) is 11.2. The molecule has 0 saturated carbocycles. The summed E-state index contributed by atoms with van der Waals surface area (Å²) in [6.07, 6.45) is 3.92. The monoisotopic (exact) mass is 383 g/mol. The number of nitrogens with zero attached hydrogens (tertiary/aromatic N) is 3. The zero-order chi connectivity index (χ0) is 15.5. The van der Waals surface area contributed by atoms with Crippen LogP contribution in [0.15, 0.2) is 40.4 Å². The first-order valence-corrected chi connectivity index (χ1v) is 8.51. The van der Waals surface area contributed by atoms with E-state index in [1.165, 1.54) is 6.07 Å². The summed E-state index contributed by atoms with van der Waals surface area (Å²) >= 11 is 4.94. The van der Waals surface area contributed by atoms with Crippen LogP contribution >= 0.6 is 27.3 Å². The van der Waals surface area contributed by atoms with Crippen molar-refractivity contribution < 1.29 is 9.50 Å². The number of halogens is 2. The average molecular weight is 384 g/mol. The van der Waals surface area contributed by atoms with Crippen LogP contribution in [0.5, 0.6) is 0 Å². The second-order valence-electron chi connectivity index (χ2n) is 5.00. The van der Waals surface area contributed by atoms with Gasteiger partial charge in [-0.2, -0.15) is 0 Å². The number of aromatic nitrogens is 2. The third-order valence-electron chi connectivity index (χ3n) is 3.35. The van der Waals surface area contributed by atoms with Crippen molar-refractivity contribution in [3.63, 3.8) is 0 Å². The van der Waals surface area contributed by atoms with Crippen molar-refractivity contribution in [2.24, 2.45) is 0 Å². The second-order valence-corrected chi connectivity index (χ2v) is 6.78. The highest BCUT2D eigenvalue weighted by atomic mass is 79.9. The minimum absolute atomic E-state index is 0.0256. The number of benzene rings is 1. The van der Waals surface area contributed by atoms with Gasteiger partial charge in [-0.1, -0.05) is 15.9 Å². The van der Waals surface area contributed by atoms with Gasteiger partial charge in [0.2, 0.25) is 0 Å². The van der Waals surface area contributed by atoms with Gasteiger partial charge in [0.05, 0.1) is 12.3 Å². The number of fused-ring (bicyclic) bond motifs is 1. The van der Waals surface area contributed by atoms with E-state index in [0.717, 1.165) is 15.1 Å². The summed E-state index contributed by atoms with van der Waals surface area (Å²) < 4.78 is 16.7. The van der Waals surface area contributed by atoms with Gasteiger partial charge in [0, 0.05) is 47.4 Å². The molecule has 0 amide bonds. The number of aliphatic hydroxyl groups is 1. The van der Waals surface area contributed by atoms with Crippen LogP contribution in [0, 0.1) is 5.82 Å². The van der Waals surface area contributed by atoms with Crippen LogP contribution in [-0.2, 0) is 13.1 Å². The van der Waals surface area contributed by atoms with E-state index >= 15 is 0 Å². The van der Waals surface area contributed by atoms with Gasteiger partial charge in [-0.05, 0) is 18.2 Å². The molecule has 0 atom stereocenters. The minimum Gasteiger partial charge on any atom is -0.395 e. The van der Waals surface area contributed by atoms with Gasteiger partial charge in [0.25, 0.3) is 0 Å². The van der Waals surface area contributed by atoms with Gasteiger partial charge in [-0.15, -0.1) is 11.3 Å². The molecular formula is C15H15BrFN3OS. The molecule has 0 spiro atoms. The van der Waals surface area contributed by atoms with Crippen molar-refractivity contribution in [1.29, 1.82) is 0 Å². The van der Waals surface area contributed by atoms with Crippen molar-refractivity contribution >= 4 is 32.2 Å². The van der Waals surface area contributed by atoms with E-state index in [9.17, 15) is 9.50 Å². The molecule has 7 heteroatoms. The lowest BCUT2D eigenvalue weighted by Crippen LogP contribution is -2.26. The predicted octanol–water partition coefficient (Wildman–Crippen LogP) is 3.29. The van der Waals surface area contributed by atoms with Crippen LogP contribution < -0.4 is 0 Å². The Morgan fingerprint density at radius 1 is 1.36 bits per heavy atom. The molecule has 116 valence electrons. The Labute approximate surface area is 140 Å². The lowest BCUT2D eigenvalue weighted by Gasteiger charge is -2.20. The normalized spacial score (nSPS) is 11.6. The van der Waals surface area contributed by atoms with E-state index in [1.54, 1.807) is 23.5 Å². The molecule has 0 bridgehead atoms. The molecule has 22 heavy (non-hydrogen) atoms. The Hall–Kier alpha value is -1.28. The van der Waals surface area contributed by atoms with E-state index in [4.69, 9.17) is 0 Å². The number of aliphatic hydroxyl groups excluding tert-OH is 1. The summed E-state index contributed by atoms with van der Waals surface area (Å²) in [7, 11) is 0. The van der Waals surface area contributed by atoms with Crippen LogP contribution in [0.4, 0.5) is 4.39 Å². The van der Waals surface area contributed by atoms with Crippen molar-refractivity contribution in [1.82, 2.24) is 14.3 Å². The molecule has 0 unspecified atom stereocenters. The molecule has 0 aliphatic carbocycles. The highest BCUT2D eigenvalue weighted by Gasteiger charge is 2.12. The first-order valence-electron chi connectivity index (χ1n) is 6.84. The SMILES string of the molecule is OCCN(Cc1cn2ccsc2n1)Cc1cc(Br)ccc1F. The summed E-state index contributed by atoms with van der Waals surface area (Å²) in [6, 6.07) is 4.90. The lowest BCUT2D eigenvalue weighted by molar-refractivity contribution is 0.181. The fourth-order valence-corrected chi connectivity index (χ4v) is 3.47. The molecule has 0 saturated heterocycles. The minimum atomic E-state index is -0.239. The number of thiazole rings is 1. The zero-order valence-corrected chi connectivity index (χ0v) is 14.1. The highest BCUT2D eigenvalue weighted by Crippen LogP contribution is 2.19. The fourth-order valence-electron chi connectivity index (χ4n) is 2.34. The van der Waals surface area contributed by atoms with Gasteiger partial charge in [-0.25, -0.2) is 9.37 Å². The maximum atomic E-state index is 13.9. The molecule has 3 aromatic rings. The third-order valence-corrected chi connectivity index (χ3v) is 4.61. The van der Waals surface area contributed by atoms with Gasteiger partial charge in [0.15, 0.2) is 4.96 Å². The van der Waals surface area contributed by atoms with E-state index in [2.05, 4.69) is 20.9 Å². The molecule has 0 aliphatic rings. The van der Waals surface area contributed by atoms with E-state index in [-0.39, 0.29) is 12.4 Å². The fraction of sp³-hybridized carbons (Fsp3) is 0.267. The number of rotatable bonds is 6. The molecule has 2 aromatic heterocycles. The van der Waals surface area contributed by atoms with Crippen molar-refractivity contribution in [2.75, 3.05) is 13.2 Å². The summed E-state index contributed by atoms with van der Waals surface area (Å²) in [4.78, 5) is 7.45. The molecule has 4 nitrogen and oxygen atoms in total. The van der Waals surface area contributed by atoms with Crippen LogP contribution in [0.1, 0.15) is 11.3 Å². The topological polar surface area (TPSA) is 40.8 Å². The van der Waals surface area contributed by atoms with E-state index in [1.807, 2.05) is 27.1 Å². The molecule has 2 heterocycles. The van der Waals surface area contributed by atoms with Crippen LogP contribution in [0.2, 0.25) is 0 Å². The Morgan fingerprint density at radius 2 is 2.23 bits per heavy atom. The van der Waals surface area contributed by atoms with Crippen LogP contribution in [0.25, 0.3) is 4.96 Å². The predicted molar refractivity (Wildman–Crippen MR) is 88.4 cm³/mol. The molecular weight excluding hydrogens is 369 g/mol. The Bertz CT molecular complexity index is 745. The molecule has 3 rings (SSSR count). The van der Waals surface area contributed by atoms with Crippen molar-refractivity contribution in [3.8, 4) is 0 Å².